The molecule has 0 spiro atoms. The van der Waals surface area contributed by atoms with E-state index < -0.39 is 5.97 Å². The minimum atomic E-state index is -0.852. The van der Waals surface area contributed by atoms with E-state index in [2.05, 4.69) is 11.1 Å². The van der Waals surface area contributed by atoms with Crippen molar-refractivity contribution in [3.63, 3.8) is 0 Å². The Hall–Kier alpha value is -1.40. The lowest BCUT2D eigenvalue weighted by molar-refractivity contribution is 0.0700. The van der Waals surface area contributed by atoms with E-state index in [1.165, 1.54) is 16.2 Å². The first kappa shape index (κ1) is 12.6. The van der Waals surface area contributed by atoms with Crippen LogP contribution in [0.25, 0.3) is 0 Å². The number of nitrogens with zero attached hydrogens (tertiary/aromatic N) is 2. The van der Waals surface area contributed by atoms with E-state index in [0.29, 0.717) is 10.8 Å². The Kier molecular flexibility index (Phi) is 3.28. The highest BCUT2D eigenvalue weighted by Gasteiger charge is 2.32. The maximum Gasteiger partial charge on any atom is 0.347 e. The number of aromatic carboxylic acids is 1. The molecule has 2 aromatic rings. The number of anilines is 1. The normalized spacial score (nSPS) is 14.6. The van der Waals surface area contributed by atoms with Gasteiger partial charge in [-0.1, -0.05) is 17.4 Å². The van der Waals surface area contributed by atoms with Crippen LogP contribution in [0.3, 0.4) is 0 Å². The van der Waals surface area contributed by atoms with E-state index in [0.717, 1.165) is 30.2 Å². The zero-order valence-electron chi connectivity index (χ0n) is 10.5. The van der Waals surface area contributed by atoms with E-state index in [1.54, 1.807) is 11.3 Å². The fourth-order valence-corrected chi connectivity index (χ4v) is 3.68. The van der Waals surface area contributed by atoms with Gasteiger partial charge in [0.25, 0.3) is 0 Å². The van der Waals surface area contributed by atoms with Gasteiger partial charge in [0.1, 0.15) is 4.88 Å². The maximum absolute atomic E-state index is 11.3. The second-order valence-corrected chi connectivity index (χ2v) is 6.74. The molecule has 0 atom stereocenters. The molecule has 2 heterocycles. The summed E-state index contributed by atoms with van der Waals surface area (Å²) < 4.78 is 0. The first-order valence-electron chi connectivity index (χ1n) is 6.12. The van der Waals surface area contributed by atoms with Gasteiger partial charge in [-0.3, -0.25) is 0 Å². The van der Waals surface area contributed by atoms with Crippen molar-refractivity contribution in [3.05, 3.63) is 33.0 Å². The Morgan fingerprint density at radius 1 is 1.58 bits per heavy atom. The Labute approximate surface area is 119 Å². The summed E-state index contributed by atoms with van der Waals surface area (Å²) in [6.07, 6.45) is 2.14. The largest absolute Gasteiger partial charge is 0.477 e. The lowest BCUT2D eigenvalue weighted by Gasteiger charge is -2.13. The minimum absolute atomic E-state index is 0.367. The SMILES string of the molecule is CN(Cc1cccs1)c1nc(C2CC2)c(C(=O)O)s1. The lowest BCUT2D eigenvalue weighted by Crippen LogP contribution is -2.15. The van der Waals surface area contributed by atoms with Gasteiger partial charge in [0.05, 0.1) is 12.2 Å². The van der Waals surface area contributed by atoms with Gasteiger partial charge >= 0.3 is 5.97 Å². The van der Waals surface area contributed by atoms with Crippen molar-refractivity contribution in [2.75, 3.05) is 11.9 Å². The predicted molar refractivity (Wildman–Crippen MR) is 77.5 cm³/mol. The zero-order valence-corrected chi connectivity index (χ0v) is 12.1. The second-order valence-electron chi connectivity index (χ2n) is 4.73. The number of hydrogen-bond acceptors (Lipinski definition) is 5. The van der Waals surface area contributed by atoms with Crippen molar-refractivity contribution < 1.29 is 9.90 Å². The fourth-order valence-electron chi connectivity index (χ4n) is 1.97. The fraction of sp³-hybridized carbons (Fsp3) is 0.385. The van der Waals surface area contributed by atoms with E-state index >= 15 is 0 Å². The first-order chi connectivity index (χ1) is 9.15. The molecular weight excluding hydrogens is 280 g/mol. The van der Waals surface area contributed by atoms with Crippen molar-refractivity contribution in [3.8, 4) is 0 Å². The third kappa shape index (κ3) is 2.64. The van der Waals surface area contributed by atoms with E-state index in [9.17, 15) is 9.90 Å². The summed E-state index contributed by atoms with van der Waals surface area (Å²) in [4.78, 5) is 19.5. The molecule has 0 saturated heterocycles. The van der Waals surface area contributed by atoms with Gasteiger partial charge in [0.15, 0.2) is 5.13 Å². The molecule has 1 aliphatic rings. The van der Waals surface area contributed by atoms with Crippen molar-refractivity contribution >= 4 is 33.8 Å². The molecule has 1 N–H and O–H groups in total. The molecule has 0 aliphatic heterocycles. The van der Waals surface area contributed by atoms with Gasteiger partial charge in [-0.05, 0) is 24.3 Å². The highest BCUT2D eigenvalue weighted by Crippen LogP contribution is 2.44. The third-order valence-electron chi connectivity index (χ3n) is 3.10. The zero-order chi connectivity index (χ0) is 13.4. The van der Waals surface area contributed by atoms with Crippen LogP contribution in [0.2, 0.25) is 0 Å². The van der Waals surface area contributed by atoms with Crippen molar-refractivity contribution in [2.24, 2.45) is 0 Å². The molecule has 100 valence electrons. The topological polar surface area (TPSA) is 53.4 Å². The Bertz CT molecular complexity index is 588. The smallest absolute Gasteiger partial charge is 0.347 e. The quantitative estimate of drug-likeness (QED) is 0.918. The number of carboxylic acids is 1. The van der Waals surface area contributed by atoms with Crippen molar-refractivity contribution in [1.82, 2.24) is 4.98 Å². The summed E-state index contributed by atoms with van der Waals surface area (Å²) in [5, 5.41) is 12.1. The molecular formula is C13H14N2O2S2. The summed E-state index contributed by atoms with van der Waals surface area (Å²) in [6, 6.07) is 4.10. The molecule has 1 saturated carbocycles. The van der Waals surface area contributed by atoms with Crippen LogP contribution in [0.5, 0.6) is 0 Å². The second kappa shape index (κ2) is 4.94. The molecule has 2 aromatic heterocycles. The summed E-state index contributed by atoms with van der Waals surface area (Å²) in [7, 11) is 1.96. The molecule has 0 radical (unpaired) electrons. The predicted octanol–water partition coefficient (Wildman–Crippen LogP) is 3.42. The first-order valence-corrected chi connectivity index (χ1v) is 7.82. The van der Waals surface area contributed by atoms with Gasteiger partial charge in [-0.25, -0.2) is 9.78 Å². The number of carboxylic acid groups (broad SMARTS) is 1. The van der Waals surface area contributed by atoms with E-state index in [1.807, 2.05) is 23.4 Å². The van der Waals surface area contributed by atoms with Crippen molar-refractivity contribution in [1.29, 1.82) is 0 Å². The van der Waals surface area contributed by atoms with Crippen LogP contribution in [-0.2, 0) is 6.54 Å². The Morgan fingerprint density at radius 2 is 2.37 bits per heavy atom. The highest BCUT2D eigenvalue weighted by atomic mass is 32.1. The number of thiophene rings is 1. The number of hydrogen-bond donors (Lipinski definition) is 1. The summed E-state index contributed by atoms with van der Waals surface area (Å²) in [5.41, 5.74) is 0.783. The van der Waals surface area contributed by atoms with Gasteiger partial charge in [-0.2, -0.15) is 0 Å². The Morgan fingerprint density at radius 3 is 2.95 bits per heavy atom. The highest BCUT2D eigenvalue weighted by molar-refractivity contribution is 7.17. The van der Waals surface area contributed by atoms with Crippen LogP contribution in [0.15, 0.2) is 17.5 Å². The average Bonchev–Trinajstić information content (AvgIpc) is 2.92. The molecule has 0 amide bonds. The van der Waals surface area contributed by atoms with Crippen LogP contribution in [-0.4, -0.2) is 23.1 Å². The molecule has 19 heavy (non-hydrogen) atoms. The third-order valence-corrected chi connectivity index (χ3v) is 5.13. The van der Waals surface area contributed by atoms with Crippen molar-refractivity contribution in [2.45, 2.75) is 25.3 Å². The molecule has 0 unspecified atom stereocenters. The van der Waals surface area contributed by atoms with Crippen LogP contribution in [0.1, 0.15) is 39.0 Å². The van der Waals surface area contributed by atoms with Crippen LogP contribution < -0.4 is 4.90 Å². The molecule has 0 aromatic carbocycles. The van der Waals surface area contributed by atoms with Crippen LogP contribution in [0, 0.1) is 0 Å². The number of thiazole rings is 1. The average molecular weight is 294 g/mol. The Balaban J connectivity index is 1.84. The molecule has 4 nitrogen and oxygen atoms in total. The van der Waals surface area contributed by atoms with Gasteiger partial charge in [0.2, 0.25) is 0 Å². The number of aromatic nitrogens is 1. The summed E-state index contributed by atoms with van der Waals surface area (Å²) in [6.45, 7) is 0.772. The van der Waals surface area contributed by atoms with E-state index in [-0.39, 0.29) is 0 Å². The number of rotatable bonds is 5. The van der Waals surface area contributed by atoms with E-state index in [4.69, 9.17) is 0 Å². The monoisotopic (exact) mass is 294 g/mol. The molecule has 0 bridgehead atoms. The molecule has 1 aliphatic carbocycles. The summed E-state index contributed by atoms with van der Waals surface area (Å²) >= 11 is 2.99. The number of carbonyl (C=O) groups is 1. The van der Waals surface area contributed by atoms with Crippen LogP contribution in [0.4, 0.5) is 5.13 Å². The van der Waals surface area contributed by atoms with Gasteiger partial charge in [-0.15, -0.1) is 11.3 Å². The summed E-state index contributed by atoms with van der Waals surface area (Å²) in [5.74, 6) is -0.485. The standard InChI is InChI=1S/C13H14N2O2S2/c1-15(7-9-3-2-6-18-9)13-14-10(8-4-5-8)11(19-13)12(16)17/h2-3,6,8H,4-5,7H2,1H3,(H,16,17). The van der Waals surface area contributed by atoms with Gasteiger partial charge < -0.3 is 10.0 Å². The molecule has 1 fully saturated rings. The molecule has 3 rings (SSSR count). The van der Waals surface area contributed by atoms with Gasteiger partial charge in [0, 0.05) is 17.8 Å². The minimum Gasteiger partial charge on any atom is -0.477 e. The maximum atomic E-state index is 11.3. The van der Waals surface area contributed by atoms with Crippen LogP contribution >= 0.6 is 22.7 Å². The molecule has 6 heteroatoms. The lowest BCUT2D eigenvalue weighted by atomic mass is 10.2.